The third-order valence-electron chi connectivity index (χ3n) is 9.88. The molecule has 1 aromatic heterocycles. The van der Waals surface area contributed by atoms with Crippen LogP contribution in [0.5, 0.6) is 5.75 Å². The molecule has 234 valence electrons. The molecule has 0 saturated carbocycles. The number of ether oxygens (including phenoxy) is 4. The van der Waals surface area contributed by atoms with Gasteiger partial charge in [0.1, 0.15) is 6.17 Å². The number of carbonyl (C=O) groups is 2. The van der Waals surface area contributed by atoms with E-state index in [-0.39, 0.29) is 34.8 Å². The Morgan fingerprint density at radius 1 is 1.11 bits per heavy atom. The number of aromatic nitrogens is 1. The number of halogens is 2. The predicted octanol–water partition coefficient (Wildman–Crippen LogP) is 4.70. The Labute approximate surface area is 260 Å². The number of fused-ring (bicyclic) bond motifs is 6. The second-order valence-corrected chi connectivity index (χ2v) is 13.0. The summed E-state index contributed by atoms with van der Waals surface area (Å²) in [5.41, 5.74) is 0.612. The van der Waals surface area contributed by atoms with E-state index in [1.807, 2.05) is 29.3 Å². The fourth-order valence-corrected chi connectivity index (χ4v) is 9.10. The van der Waals surface area contributed by atoms with Crippen LogP contribution in [0, 0.1) is 17.6 Å². The molecule has 1 amide bonds. The van der Waals surface area contributed by atoms with Gasteiger partial charge in [0.05, 0.1) is 24.9 Å². The van der Waals surface area contributed by atoms with Crippen LogP contribution in [0.25, 0.3) is 0 Å². The minimum absolute atomic E-state index is 0.0502. The van der Waals surface area contributed by atoms with Crippen molar-refractivity contribution in [1.29, 1.82) is 0 Å². The number of hydrogen-bond acceptors (Lipinski definition) is 9. The largest absolute Gasteiger partial charge is 0.510 e. The first kappa shape index (κ1) is 28.4. The van der Waals surface area contributed by atoms with Crippen LogP contribution in [0.2, 0.25) is 0 Å². The van der Waals surface area contributed by atoms with Crippen molar-refractivity contribution in [2.24, 2.45) is 5.92 Å². The summed E-state index contributed by atoms with van der Waals surface area (Å²) in [4.78, 5) is 41.9. The van der Waals surface area contributed by atoms with Crippen molar-refractivity contribution in [3.63, 3.8) is 0 Å². The fraction of sp³-hybridized carbons (Fsp3) is 0.406. The quantitative estimate of drug-likeness (QED) is 0.298. The molecular weight excluding hydrogens is 608 g/mol. The van der Waals surface area contributed by atoms with Gasteiger partial charge in [-0.05, 0) is 48.9 Å². The minimum Gasteiger partial charge on any atom is -0.451 e. The molecule has 5 atom stereocenters. The van der Waals surface area contributed by atoms with E-state index in [0.29, 0.717) is 18.5 Å². The number of hydrogen-bond donors (Lipinski definition) is 0. The van der Waals surface area contributed by atoms with Crippen molar-refractivity contribution in [1.82, 2.24) is 9.58 Å². The van der Waals surface area contributed by atoms with Gasteiger partial charge in [0.2, 0.25) is 18.0 Å². The van der Waals surface area contributed by atoms with E-state index in [2.05, 4.69) is 4.74 Å². The van der Waals surface area contributed by atoms with Crippen molar-refractivity contribution in [2.45, 2.75) is 60.2 Å². The van der Waals surface area contributed by atoms with Crippen LogP contribution in [0.4, 0.5) is 13.6 Å². The number of carbonyl (C=O) groups excluding carboxylic acids is 2. The Balaban J connectivity index is 1.37. The molecule has 3 saturated heterocycles. The SMILES string of the molecule is COC(=O)OCOc1c2n(ccc1=O)N(C1c3ccccc3SCc3c1ccc(F)c3F)[C@@H]1[C@H]3C[C@@H]4CC[C@@]3(CCN1C2=O)O4. The first-order valence-electron chi connectivity index (χ1n) is 14.9. The molecule has 0 radical (unpaired) electrons. The predicted molar refractivity (Wildman–Crippen MR) is 156 cm³/mol. The number of amides is 1. The lowest BCUT2D eigenvalue weighted by Gasteiger charge is -2.57. The highest BCUT2D eigenvalue weighted by Crippen LogP contribution is 2.57. The van der Waals surface area contributed by atoms with Gasteiger partial charge in [0, 0.05) is 40.9 Å². The van der Waals surface area contributed by atoms with E-state index < -0.39 is 53.7 Å². The molecule has 45 heavy (non-hydrogen) atoms. The maximum Gasteiger partial charge on any atom is 0.510 e. The van der Waals surface area contributed by atoms with Crippen LogP contribution >= 0.6 is 11.8 Å². The smallest absolute Gasteiger partial charge is 0.451 e. The Hall–Kier alpha value is -4.10. The number of methoxy groups -OCH3 is 1. The monoisotopic (exact) mass is 637 g/mol. The molecule has 3 fully saturated rings. The van der Waals surface area contributed by atoms with Crippen LogP contribution in [-0.4, -0.2) is 60.0 Å². The molecule has 0 aliphatic carbocycles. The fourth-order valence-electron chi connectivity index (χ4n) is 7.99. The molecule has 2 bridgehead atoms. The van der Waals surface area contributed by atoms with E-state index in [1.54, 1.807) is 15.6 Å². The standard InChI is InChI=1S/C32H29F2N3O7S/c1-41-31(40)43-16-42-28-23(38)9-12-36-27(28)30(39)35-13-11-32-10-8-17(44-32)14-21(32)29(35)37(36)26-18-6-7-22(33)25(34)20(18)15-45-24-5-3-2-4-19(24)26/h2-7,9,12,17,21,26,29H,8,10-11,13-16H2,1H3/t17-,21+,26?,29+,32-/m0/s1. The lowest BCUT2D eigenvalue weighted by molar-refractivity contribution is -0.0758. The zero-order valence-electron chi connectivity index (χ0n) is 24.2. The molecule has 5 aliphatic rings. The summed E-state index contributed by atoms with van der Waals surface area (Å²) < 4.78 is 53.5. The van der Waals surface area contributed by atoms with Gasteiger partial charge in [0.15, 0.2) is 17.3 Å². The van der Waals surface area contributed by atoms with Gasteiger partial charge in [-0.1, -0.05) is 24.3 Å². The Morgan fingerprint density at radius 2 is 1.96 bits per heavy atom. The molecule has 1 unspecified atom stereocenters. The Morgan fingerprint density at radius 3 is 2.78 bits per heavy atom. The van der Waals surface area contributed by atoms with Crippen molar-refractivity contribution >= 4 is 23.8 Å². The molecule has 0 N–H and O–H groups in total. The summed E-state index contributed by atoms with van der Waals surface area (Å²) in [5, 5.41) is 2.01. The number of pyridine rings is 1. The van der Waals surface area contributed by atoms with Gasteiger partial charge in [-0.15, -0.1) is 11.8 Å². The maximum absolute atomic E-state index is 15.6. The second-order valence-electron chi connectivity index (χ2n) is 11.9. The van der Waals surface area contributed by atoms with Gasteiger partial charge < -0.3 is 23.8 Å². The summed E-state index contributed by atoms with van der Waals surface area (Å²) in [6, 6.07) is 11.1. The molecular formula is C32H29F2N3O7S. The van der Waals surface area contributed by atoms with Gasteiger partial charge in [-0.3, -0.25) is 19.3 Å². The Kier molecular flexibility index (Phi) is 6.61. The lowest BCUT2D eigenvalue weighted by Crippen LogP contribution is -2.70. The summed E-state index contributed by atoms with van der Waals surface area (Å²) >= 11 is 1.42. The molecule has 6 heterocycles. The zero-order chi connectivity index (χ0) is 31.0. The first-order chi connectivity index (χ1) is 21.8. The minimum atomic E-state index is -1.01. The van der Waals surface area contributed by atoms with Gasteiger partial charge in [-0.25, -0.2) is 13.6 Å². The lowest BCUT2D eigenvalue weighted by atomic mass is 9.71. The summed E-state index contributed by atoms with van der Waals surface area (Å²) in [6.45, 7) is -0.300. The third-order valence-corrected chi connectivity index (χ3v) is 11.0. The van der Waals surface area contributed by atoms with Crippen molar-refractivity contribution in [3.05, 3.63) is 92.9 Å². The molecule has 13 heteroatoms. The number of rotatable bonds is 4. The van der Waals surface area contributed by atoms with E-state index in [1.165, 1.54) is 24.0 Å². The second kappa shape index (κ2) is 10.5. The Bertz CT molecular complexity index is 1800. The third kappa shape index (κ3) is 4.19. The van der Waals surface area contributed by atoms with E-state index in [9.17, 15) is 18.8 Å². The number of nitrogens with zero attached hydrogens (tertiary/aromatic N) is 3. The highest BCUT2D eigenvalue weighted by Gasteiger charge is 2.63. The summed E-state index contributed by atoms with van der Waals surface area (Å²) in [7, 11) is 1.14. The average molecular weight is 638 g/mol. The van der Waals surface area contributed by atoms with E-state index in [0.717, 1.165) is 42.9 Å². The van der Waals surface area contributed by atoms with Gasteiger partial charge >= 0.3 is 6.16 Å². The molecule has 10 nitrogen and oxygen atoms in total. The number of piperidine rings is 1. The van der Waals surface area contributed by atoms with E-state index in [4.69, 9.17) is 14.2 Å². The maximum atomic E-state index is 15.6. The first-order valence-corrected chi connectivity index (χ1v) is 15.8. The van der Waals surface area contributed by atoms with Crippen molar-refractivity contribution < 1.29 is 37.3 Å². The zero-order valence-corrected chi connectivity index (χ0v) is 25.1. The van der Waals surface area contributed by atoms with Crippen LogP contribution in [-0.2, 0) is 20.0 Å². The molecule has 5 aliphatic heterocycles. The topological polar surface area (TPSA) is 99.5 Å². The number of benzene rings is 2. The van der Waals surface area contributed by atoms with Crippen molar-refractivity contribution in [2.75, 3.05) is 25.5 Å². The number of thioether (sulfide) groups is 1. The van der Waals surface area contributed by atoms with Crippen LogP contribution in [0.3, 0.4) is 0 Å². The van der Waals surface area contributed by atoms with Gasteiger partial charge in [0.25, 0.3) is 5.91 Å². The van der Waals surface area contributed by atoms with Crippen LogP contribution in [0.1, 0.15) is 58.9 Å². The van der Waals surface area contributed by atoms with E-state index >= 15 is 4.39 Å². The van der Waals surface area contributed by atoms with Crippen molar-refractivity contribution in [3.8, 4) is 5.75 Å². The van der Waals surface area contributed by atoms with Gasteiger partial charge in [-0.2, -0.15) is 0 Å². The highest BCUT2D eigenvalue weighted by molar-refractivity contribution is 7.98. The molecule has 8 rings (SSSR count). The highest BCUT2D eigenvalue weighted by atomic mass is 32.2. The molecule has 2 aromatic carbocycles. The molecule has 3 aromatic rings. The normalized spacial score (nSPS) is 27.5. The molecule has 1 spiro atoms. The summed E-state index contributed by atoms with van der Waals surface area (Å²) in [6.07, 6.45) is 3.26. The average Bonchev–Trinajstić information content (AvgIpc) is 3.58. The summed E-state index contributed by atoms with van der Waals surface area (Å²) in [5.74, 6) is -2.41. The van der Waals surface area contributed by atoms with Crippen LogP contribution < -0.4 is 15.2 Å². The van der Waals surface area contributed by atoms with Crippen LogP contribution in [0.15, 0.2) is 58.4 Å².